The molecule has 0 bridgehead atoms. The van der Waals surface area contributed by atoms with Crippen LogP contribution in [0.1, 0.15) is 26.2 Å². The van der Waals surface area contributed by atoms with Crippen molar-refractivity contribution in [2.24, 2.45) is 5.92 Å². The largest absolute Gasteiger partial charge is 0.370 e. The fourth-order valence-electron chi connectivity index (χ4n) is 3.24. The van der Waals surface area contributed by atoms with Gasteiger partial charge >= 0.3 is 0 Å². The third kappa shape index (κ3) is 5.18. The molecule has 0 atom stereocenters. The number of anilines is 2. The summed E-state index contributed by atoms with van der Waals surface area (Å²) in [6.45, 7) is 6.40. The first-order valence-electron chi connectivity index (χ1n) is 9.70. The van der Waals surface area contributed by atoms with Crippen molar-refractivity contribution >= 4 is 11.8 Å². The van der Waals surface area contributed by atoms with Gasteiger partial charge in [-0.2, -0.15) is 4.98 Å². The molecule has 0 unspecified atom stereocenters. The second kappa shape index (κ2) is 8.99. The summed E-state index contributed by atoms with van der Waals surface area (Å²) >= 11 is 0. The first kappa shape index (κ1) is 18.6. The summed E-state index contributed by atoms with van der Waals surface area (Å²) in [5.74, 6) is 2.58. The van der Waals surface area contributed by atoms with Gasteiger partial charge in [-0.15, -0.1) is 0 Å². The number of hydrogen-bond donors (Lipinski definition) is 1. The Morgan fingerprint density at radius 3 is 2.54 bits per heavy atom. The molecule has 2 heterocycles. The number of hydrogen-bond acceptors (Lipinski definition) is 5. The van der Waals surface area contributed by atoms with Crippen LogP contribution in [0.15, 0.2) is 36.4 Å². The van der Waals surface area contributed by atoms with Crippen molar-refractivity contribution in [2.45, 2.75) is 26.2 Å². The Balaban J connectivity index is 1.80. The van der Waals surface area contributed by atoms with Gasteiger partial charge in [0.25, 0.3) is 0 Å². The SMILES string of the molecule is CC1CCN(c2nc(NCCCN(C)C)cc(-c3ccccc3)n2)CC1. The smallest absolute Gasteiger partial charge is 0.227 e. The van der Waals surface area contributed by atoms with E-state index in [-0.39, 0.29) is 0 Å². The van der Waals surface area contributed by atoms with E-state index in [0.29, 0.717) is 0 Å². The van der Waals surface area contributed by atoms with Gasteiger partial charge in [0.15, 0.2) is 0 Å². The Bertz CT molecular complexity index is 678. The Morgan fingerprint density at radius 1 is 1.12 bits per heavy atom. The number of piperidine rings is 1. The molecule has 1 aromatic carbocycles. The average Bonchev–Trinajstić information content (AvgIpc) is 2.66. The number of rotatable bonds is 7. The first-order valence-corrected chi connectivity index (χ1v) is 9.70. The van der Waals surface area contributed by atoms with E-state index in [0.717, 1.165) is 61.5 Å². The molecule has 1 aliphatic heterocycles. The molecule has 1 fully saturated rings. The molecule has 2 aromatic rings. The van der Waals surface area contributed by atoms with Crippen LogP contribution >= 0.6 is 0 Å². The zero-order valence-electron chi connectivity index (χ0n) is 16.3. The van der Waals surface area contributed by atoms with E-state index in [1.165, 1.54) is 12.8 Å². The van der Waals surface area contributed by atoms with E-state index in [1.54, 1.807) is 0 Å². The average molecular weight is 354 g/mol. The van der Waals surface area contributed by atoms with E-state index in [2.05, 4.69) is 66.5 Å². The topological polar surface area (TPSA) is 44.3 Å². The highest BCUT2D eigenvalue weighted by Crippen LogP contribution is 2.25. The lowest BCUT2D eigenvalue weighted by Crippen LogP contribution is -2.34. The quantitative estimate of drug-likeness (QED) is 0.768. The molecule has 140 valence electrons. The highest BCUT2D eigenvalue weighted by atomic mass is 15.3. The molecule has 1 N–H and O–H groups in total. The summed E-state index contributed by atoms with van der Waals surface area (Å²) in [4.78, 5) is 14.2. The van der Waals surface area contributed by atoms with Gasteiger partial charge < -0.3 is 15.1 Å². The van der Waals surface area contributed by atoms with Crippen molar-refractivity contribution < 1.29 is 0 Å². The van der Waals surface area contributed by atoms with Crippen LogP contribution in [-0.4, -0.2) is 55.1 Å². The molecule has 1 saturated heterocycles. The Hall–Kier alpha value is -2.14. The van der Waals surface area contributed by atoms with E-state index < -0.39 is 0 Å². The Kier molecular flexibility index (Phi) is 6.45. The van der Waals surface area contributed by atoms with Gasteiger partial charge in [0.05, 0.1) is 5.69 Å². The molecular weight excluding hydrogens is 322 g/mol. The third-order valence-corrected chi connectivity index (χ3v) is 4.94. The first-order chi connectivity index (χ1) is 12.6. The van der Waals surface area contributed by atoms with E-state index in [4.69, 9.17) is 9.97 Å². The number of aromatic nitrogens is 2. The summed E-state index contributed by atoms with van der Waals surface area (Å²) in [6.07, 6.45) is 3.52. The lowest BCUT2D eigenvalue weighted by Gasteiger charge is -2.30. The molecule has 3 rings (SSSR count). The molecule has 5 heteroatoms. The van der Waals surface area contributed by atoms with Crippen molar-refractivity contribution in [1.82, 2.24) is 14.9 Å². The molecular formula is C21H31N5. The maximum atomic E-state index is 4.88. The van der Waals surface area contributed by atoms with Crippen LogP contribution in [0.4, 0.5) is 11.8 Å². The fourth-order valence-corrected chi connectivity index (χ4v) is 3.24. The predicted molar refractivity (Wildman–Crippen MR) is 110 cm³/mol. The van der Waals surface area contributed by atoms with Crippen molar-refractivity contribution in [1.29, 1.82) is 0 Å². The maximum Gasteiger partial charge on any atom is 0.227 e. The molecule has 26 heavy (non-hydrogen) atoms. The van der Waals surface area contributed by atoms with Gasteiger partial charge in [-0.3, -0.25) is 0 Å². The van der Waals surface area contributed by atoms with Crippen LogP contribution in [0.2, 0.25) is 0 Å². The van der Waals surface area contributed by atoms with Crippen LogP contribution in [0.3, 0.4) is 0 Å². The molecule has 0 aliphatic carbocycles. The highest BCUT2D eigenvalue weighted by molar-refractivity contribution is 5.64. The van der Waals surface area contributed by atoms with Gasteiger partial charge in [-0.1, -0.05) is 37.3 Å². The zero-order valence-corrected chi connectivity index (χ0v) is 16.3. The molecule has 1 aromatic heterocycles. The van der Waals surface area contributed by atoms with Gasteiger partial charge in [0, 0.05) is 31.3 Å². The van der Waals surface area contributed by atoms with Crippen LogP contribution in [0.5, 0.6) is 0 Å². The molecule has 0 saturated carbocycles. The van der Waals surface area contributed by atoms with Crippen LogP contribution < -0.4 is 10.2 Å². The highest BCUT2D eigenvalue weighted by Gasteiger charge is 2.19. The van der Waals surface area contributed by atoms with E-state index in [9.17, 15) is 0 Å². The van der Waals surface area contributed by atoms with E-state index >= 15 is 0 Å². The summed E-state index contributed by atoms with van der Waals surface area (Å²) in [5.41, 5.74) is 2.13. The van der Waals surface area contributed by atoms with Crippen LogP contribution in [0, 0.1) is 5.92 Å². The lowest BCUT2D eigenvalue weighted by atomic mass is 10.00. The zero-order chi connectivity index (χ0) is 18.4. The number of nitrogens with one attached hydrogen (secondary N) is 1. The normalized spacial score (nSPS) is 15.5. The fraction of sp³-hybridized carbons (Fsp3) is 0.524. The predicted octanol–water partition coefficient (Wildman–Crippen LogP) is 3.74. The Labute approximate surface area is 157 Å². The van der Waals surface area contributed by atoms with Crippen molar-refractivity contribution in [3.8, 4) is 11.3 Å². The van der Waals surface area contributed by atoms with Gasteiger partial charge in [0.2, 0.25) is 5.95 Å². The van der Waals surface area contributed by atoms with Gasteiger partial charge in [-0.25, -0.2) is 4.98 Å². The molecule has 0 spiro atoms. The molecule has 5 nitrogen and oxygen atoms in total. The Morgan fingerprint density at radius 2 is 1.85 bits per heavy atom. The molecule has 1 aliphatic rings. The molecule has 0 radical (unpaired) electrons. The lowest BCUT2D eigenvalue weighted by molar-refractivity contribution is 0.405. The summed E-state index contributed by atoms with van der Waals surface area (Å²) in [6, 6.07) is 12.5. The van der Waals surface area contributed by atoms with Crippen LogP contribution in [-0.2, 0) is 0 Å². The minimum Gasteiger partial charge on any atom is -0.370 e. The van der Waals surface area contributed by atoms with Gasteiger partial charge in [-0.05, 0) is 45.8 Å². The minimum atomic E-state index is 0.798. The van der Waals surface area contributed by atoms with Crippen LogP contribution in [0.25, 0.3) is 11.3 Å². The minimum absolute atomic E-state index is 0.798. The number of nitrogens with zero attached hydrogens (tertiary/aromatic N) is 4. The standard InChI is InChI=1S/C21H31N5/c1-17-10-14-26(15-11-17)21-23-19(18-8-5-4-6-9-18)16-20(24-21)22-12-7-13-25(2)3/h4-6,8-9,16-17H,7,10-15H2,1-3H3,(H,22,23,24). The van der Waals surface area contributed by atoms with Crippen molar-refractivity contribution in [3.05, 3.63) is 36.4 Å². The number of benzene rings is 1. The van der Waals surface area contributed by atoms with E-state index in [1.807, 2.05) is 6.07 Å². The van der Waals surface area contributed by atoms with Crippen molar-refractivity contribution in [2.75, 3.05) is 50.5 Å². The summed E-state index contributed by atoms with van der Waals surface area (Å²) in [5, 5.41) is 3.49. The molecule has 0 amide bonds. The summed E-state index contributed by atoms with van der Waals surface area (Å²) in [7, 11) is 4.21. The second-order valence-electron chi connectivity index (χ2n) is 7.56. The third-order valence-electron chi connectivity index (χ3n) is 4.94. The monoisotopic (exact) mass is 353 g/mol. The summed E-state index contributed by atoms with van der Waals surface area (Å²) < 4.78 is 0. The van der Waals surface area contributed by atoms with Gasteiger partial charge in [0.1, 0.15) is 5.82 Å². The maximum absolute atomic E-state index is 4.88. The van der Waals surface area contributed by atoms with Crippen molar-refractivity contribution in [3.63, 3.8) is 0 Å². The second-order valence-corrected chi connectivity index (χ2v) is 7.56.